The summed E-state index contributed by atoms with van der Waals surface area (Å²) in [5, 5.41) is 4.68. The number of thioether (sulfide) groups is 1. The third kappa shape index (κ3) is 2.90. The molecule has 86 valence electrons. The maximum Gasteiger partial charge on any atom is 0.156 e. The van der Waals surface area contributed by atoms with Gasteiger partial charge in [0.05, 0.1) is 0 Å². The first-order valence-electron chi connectivity index (χ1n) is 5.84. The highest BCUT2D eigenvalue weighted by molar-refractivity contribution is 8.13. The Labute approximate surface area is 97.3 Å². The molecule has 0 aromatic carbocycles. The van der Waals surface area contributed by atoms with Crippen molar-refractivity contribution in [3.63, 3.8) is 0 Å². The Morgan fingerprint density at radius 1 is 1.40 bits per heavy atom. The van der Waals surface area contributed by atoms with Crippen molar-refractivity contribution < 1.29 is 0 Å². The van der Waals surface area contributed by atoms with Gasteiger partial charge in [0.1, 0.15) is 0 Å². The summed E-state index contributed by atoms with van der Waals surface area (Å²) >= 11 is 1.87. The maximum atomic E-state index is 4.70. The van der Waals surface area contributed by atoms with Crippen LogP contribution in [0, 0.1) is 11.3 Å². The quantitative estimate of drug-likeness (QED) is 0.783. The molecule has 1 unspecified atom stereocenters. The van der Waals surface area contributed by atoms with Crippen LogP contribution in [0.2, 0.25) is 0 Å². The van der Waals surface area contributed by atoms with E-state index in [0.29, 0.717) is 5.41 Å². The van der Waals surface area contributed by atoms with E-state index in [1.54, 1.807) is 0 Å². The van der Waals surface area contributed by atoms with E-state index in [2.05, 4.69) is 33.0 Å². The molecule has 2 nitrogen and oxygen atoms in total. The Kier molecular flexibility index (Phi) is 2.78. The molecule has 0 bridgehead atoms. The molecular weight excluding hydrogens is 204 g/mol. The minimum absolute atomic E-state index is 0.239. The first-order valence-corrected chi connectivity index (χ1v) is 6.83. The van der Waals surface area contributed by atoms with Crippen molar-refractivity contribution in [3.05, 3.63) is 0 Å². The van der Waals surface area contributed by atoms with E-state index >= 15 is 0 Å². The lowest BCUT2D eigenvalue weighted by atomic mass is 10.0. The number of hydrogen-bond donors (Lipinski definition) is 1. The van der Waals surface area contributed by atoms with E-state index in [1.165, 1.54) is 18.6 Å². The van der Waals surface area contributed by atoms with Gasteiger partial charge in [0.25, 0.3) is 0 Å². The number of nitrogens with one attached hydrogen (secondary N) is 1. The fraction of sp³-hybridized carbons (Fsp3) is 0.917. The van der Waals surface area contributed by atoms with Gasteiger partial charge in [0.15, 0.2) is 5.17 Å². The van der Waals surface area contributed by atoms with Gasteiger partial charge < -0.3 is 5.32 Å². The molecule has 1 aliphatic carbocycles. The van der Waals surface area contributed by atoms with E-state index < -0.39 is 0 Å². The molecule has 1 atom stereocenters. The van der Waals surface area contributed by atoms with Crippen LogP contribution in [-0.4, -0.2) is 23.0 Å². The van der Waals surface area contributed by atoms with Crippen molar-refractivity contribution in [2.75, 3.05) is 12.3 Å². The molecule has 1 N–H and O–H groups in total. The molecule has 0 radical (unpaired) electrons. The fourth-order valence-electron chi connectivity index (χ4n) is 1.96. The molecule has 1 aliphatic heterocycles. The lowest BCUT2D eigenvalue weighted by molar-refractivity contribution is 0.445. The maximum absolute atomic E-state index is 4.70. The van der Waals surface area contributed by atoms with Crippen LogP contribution in [-0.2, 0) is 0 Å². The summed E-state index contributed by atoms with van der Waals surface area (Å²) in [4.78, 5) is 4.70. The second-order valence-electron chi connectivity index (χ2n) is 6.14. The Bertz CT molecular complexity index is 281. The zero-order chi connectivity index (χ0) is 11.1. The van der Waals surface area contributed by atoms with Crippen molar-refractivity contribution in [2.24, 2.45) is 16.3 Å². The second-order valence-corrected chi connectivity index (χ2v) is 7.23. The zero-order valence-electron chi connectivity index (χ0n) is 10.3. The second kappa shape index (κ2) is 3.69. The SMILES string of the molecule is CC1(C)CCSC(=NCC2CC2(C)C)N1. The molecular formula is C12H22N2S. The number of amidine groups is 1. The van der Waals surface area contributed by atoms with Crippen molar-refractivity contribution in [1.29, 1.82) is 0 Å². The summed E-state index contributed by atoms with van der Waals surface area (Å²) in [5.74, 6) is 2.02. The molecule has 3 heteroatoms. The molecule has 2 fully saturated rings. The van der Waals surface area contributed by atoms with Crippen LogP contribution in [0.4, 0.5) is 0 Å². The standard InChI is InChI=1S/C12H22N2S/c1-11(2)7-9(11)8-13-10-14-12(3,4)5-6-15-10/h9H,5-8H2,1-4H3,(H,13,14). The molecule has 0 spiro atoms. The zero-order valence-corrected chi connectivity index (χ0v) is 11.1. The van der Waals surface area contributed by atoms with Crippen LogP contribution < -0.4 is 5.32 Å². The van der Waals surface area contributed by atoms with Gasteiger partial charge in [-0.25, -0.2) is 0 Å². The molecule has 0 aromatic rings. The van der Waals surface area contributed by atoms with Crippen LogP contribution in [0.1, 0.15) is 40.5 Å². The topological polar surface area (TPSA) is 24.4 Å². The summed E-state index contributed by atoms with van der Waals surface area (Å²) in [6, 6.07) is 0. The van der Waals surface area contributed by atoms with Crippen molar-refractivity contribution >= 4 is 16.9 Å². The highest BCUT2D eigenvalue weighted by Crippen LogP contribution is 2.51. The number of aliphatic imine (C=N–C) groups is 1. The average molecular weight is 226 g/mol. The summed E-state index contributed by atoms with van der Waals surface area (Å²) in [7, 11) is 0. The molecule has 1 heterocycles. The van der Waals surface area contributed by atoms with E-state index in [0.717, 1.165) is 17.6 Å². The van der Waals surface area contributed by atoms with Crippen molar-refractivity contribution in [1.82, 2.24) is 5.32 Å². The Hall–Kier alpha value is -0.180. The van der Waals surface area contributed by atoms with Crippen LogP contribution >= 0.6 is 11.8 Å². The number of hydrogen-bond acceptors (Lipinski definition) is 2. The number of rotatable bonds is 2. The van der Waals surface area contributed by atoms with Crippen LogP contribution in [0.5, 0.6) is 0 Å². The summed E-state index contributed by atoms with van der Waals surface area (Å²) in [5.41, 5.74) is 0.794. The van der Waals surface area contributed by atoms with Gasteiger partial charge in [-0.1, -0.05) is 25.6 Å². The van der Waals surface area contributed by atoms with E-state index in [4.69, 9.17) is 4.99 Å². The lowest BCUT2D eigenvalue weighted by Gasteiger charge is -2.32. The molecule has 2 aliphatic rings. The fourth-order valence-corrected chi connectivity index (χ4v) is 3.28. The molecule has 1 saturated carbocycles. The van der Waals surface area contributed by atoms with Gasteiger partial charge in [-0.3, -0.25) is 4.99 Å². The normalized spacial score (nSPS) is 34.9. The van der Waals surface area contributed by atoms with Crippen molar-refractivity contribution in [2.45, 2.75) is 46.1 Å². The molecule has 0 aromatic heterocycles. The van der Waals surface area contributed by atoms with Gasteiger partial charge in [-0.05, 0) is 38.0 Å². The van der Waals surface area contributed by atoms with Crippen molar-refractivity contribution in [3.8, 4) is 0 Å². The van der Waals surface area contributed by atoms with Gasteiger partial charge in [-0.15, -0.1) is 0 Å². The smallest absolute Gasteiger partial charge is 0.156 e. The third-order valence-electron chi connectivity index (χ3n) is 3.58. The molecule has 15 heavy (non-hydrogen) atoms. The summed E-state index contributed by atoms with van der Waals surface area (Å²) < 4.78 is 0. The molecule has 1 saturated heterocycles. The van der Waals surface area contributed by atoms with E-state index in [-0.39, 0.29) is 5.54 Å². The number of nitrogens with zero attached hydrogens (tertiary/aromatic N) is 1. The minimum Gasteiger partial charge on any atom is -0.360 e. The van der Waals surface area contributed by atoms with Gasteiger partial charge in [0, 0.05) is 17.8 Å². The summed E-state index contributed by atoms with van der Waals surface area (Å²) in [6.07, 6.45) is 2.57. The highest BCUT2D eigenvalue weighted by Gasteiger charge is 2.45. The van der Waals surface area contributed by atoms with Gasteiger partial charge in [-0.2, -0.15) is 0 Å². The Morgan fingerprint density at radius 3 is 2.60 bits per heavy atom. The predicted octanol–water partition coefficient (Wildman–Crippen LogP) is 2.89. The Morgan fingerprint density at radius 2 is 2.07 bits per heavy atom. The lowest BCUT2D eigenvalue weighted by Crippen LogP contribution is -2.46. The van der Waals surface area contributed by atoms with E-state index in [1.807, 2.05) is 11.8 Å². The largest absolute Gasteiger partial charge is 0.360 e. The first kappa shape index (κ1) is 11.3. The Balaban J connectivity index is 1.85. The predicted molar refractivity (Wildman–Crippen MR) is 68.5 cm³/mol. The van der Waals surface area contributed by atoms with Gasteiger partial charge >= 0.3 is 0 Å². The minimum atomic E-state index is 0.239. The van der Waals surface area contributed by atoms with Crippen LogP contribution in [0.25, 0.3) is 0 Å². The molecule has 0 amide bonds. The van der Waals surface area contributed by atoms with Crippen LogP contribution in [0.15, 0.2) is 4.99 Å². The first-order chi connectivity index (χ1) is 6.89. The summed E-state index contributed by atoms with van der Waals surface area (Å²) in [6.45, 7) is 10.2. The third-order valence-corrected chi connectivity index (χ3v) is 4.50. The highest BCUT2D eigenvalue weighted by atomic mass is 32.2. The van der Waals surface area contributed by atoms with E-state index in [9.17, 15) is 0 Å². The molecule has 2 rings (SSSR count). The van der Waals surface area contributed by atoms with Crippen LogP contribution in [0.3, 0.4) is 0 Å². The average Bonchev–Trinajstić information content (AvgIpc) is 2.69. The monoisotopic (exact) mass is 226 g/mol. The van der Waals surface area contributed by atoms with Gasteiger partial charge in [0.2, 0.25) is 0 Å².